The number of carbonyl (C=O) groups is 1. The van der Waals surface area contributed by atoms with Gasteiger partial charge in [0.2, 0.25) is 0 Å². The molecule has 4 rings (SSSR count). The van der Waals surface area contributed by atoms with E-state index in [1.807, 2.05) is 49.4 Å². The lowest BCUT2D eigenvalue weighted by Gasteiger charge is -2.24. The van der Waals surface area contributed by atoms with Gasteiger partial charge in [-0.15, -0.1) is 0 Å². The summed E-state index contributed by atoms with van der Waals surface area (Å²) in [5.41, 5.74) is 7.13. The van der Waals surface area contributed by atoms with Gasteiger partial charge in [0, 0.05) is 12.1 Å². The molecule has 2 aromatic carbocycles. The predicted molar refractivity (Wildman–Crippen MR) is 129 cm³/mol. The first-order chi connectivity index (χ1) is 16.5. The first kappa shape index (κ1) is 22.7. The molecule has 0 bridgehead atoms. The lowest BCUT2D eigenvalue weighted by Crippen LogP contribution is -2.41. The summed E-state index contributed by atoms with van der Waals surface area (Å²) in [6, 6.07) is 16.3. The van der Waals surface area contributed by atoms with Crippen molar-refractivity contribution in [2.45, 2.75) is 26.4 Å². The monoisotopic (exact) mass is 459 g/mol. The van der Waals surface area contributed by atoms with Crippen LogP contribution in [0.25, 0.3) is 0 Å². The van der Waals surface area contributed by atoms with Crippen LogP contribution in [0, 0.1) is 0 Å². The summed E-state index contributed by atoms with van der Waals surface area (Å²) in [4.78, 5) is 46.3. The first-order valence-electron chi connectivity index (χ1n) is 10.9. The molecule has 0 aliphatic rings. The number of carbonyl (C=O) groups excluding carboxylic acids is 1. The quantitative estimate of drug-likeness (QED) is 0.413. The highest BCUT2D eigenvalue weighted by Crippen LogP contribution is 2.21. The van der Waals surface area contributed by atoms with Crippen molar-refractivity contribution < 1.29 is 4.79 Å². The maximum absolute atomic E-state index is 13.4. The Labute approximate surface area is 195 Å². The van der Waals surface area contributed by atoms with E-state index in [1.165, 1.54) is 15.8 Å². The molecule has 2 aromatic heterocycles. The van der Waals surface area contributed by atoms with Crippen molar-refractivity contribution in [1.29, 1.82) is 0 Å². The molecule has 10 heteroatoms. The molecule has 10 nitrogen and oxygen atoms in total. The molecule has 2 heterocycles. The van der Waals surface area contributed by atoms with Crippen LogP contribution in [-0.2, 0) is 13.1 Å². The Morgan fingerprint density at radius 1 is 1.03 bits per heavy atom. The minimum atomic E-state index is -0.698. The molecule has 4 aromatic rings. The largest absolute Gasteiger partial charge is 0.383 e. The lowest BCUT2D eigenvalue weighted by molar-refractivity contribution is 0.0986. The van der Waals surface area contributed by atoms with E-state index in [-0.39, 0.29) is 30.5 Å². The minimum absolute atomic E-state index is 0.0333. The van der Waals surface area contributed by atoms with E-state index in [9.17, 15) is 14.4 Å². The van der Waals surface area contributed by atoms with Gasteiger partial charge in [-0.05, 0) is 29.7 Å². The van der Waals surface area contributed by atoms with Gasteiger partial charge in [-0.25, -0.2) is 14.5 Å². The van der Waals surface area contributed by atoms with E-state index in [0.29, 0.717) is 18.5 Å². The SMILES string of the molecule is CCCN(C(=O)c1ccc(Cn2cncn2)cc1)c1c(N)n(Cc2ccccc2)c(=O)[nH]c1=O. The molecule has 34 heavy (non-hydrogen) atoms. The Morgan fingerprint density at radius 2 is 1.74 bits per heavy atom. The summed E-state index contributed by atoms with van der Waals surface area (Å²) < 4.78 is 2.94. The molecular weight excluding hydrogens is 434 g/mol. The number of hydrogen-bond donors (Lipinski definition) is 2. The van der Waals surface area contributed by atoms with Gasteiger partial charge in [-0.2, -0.15) is 5.10 Å². The van der Waals surface area contributed by atoms with Crippen LogP contribution in [0.3, 0.4) is 0 Å². The number of nitrogen functional groups attached to an aromatic ring is 1. The van der Waals surface area contributed by atoms with Gasteiger partial charge in [0.15, 0.2) is 5.69 Å². The number of rotatable bonds is 8. The third-order valence-corrected chi connectivity index (χ3v) is 5.37. The molecular formula is C24H25N7O3. The molecule has 0 fully saturated rings. The Hall–Kier alpha value is -4.47. The molecule has 0 radical (unpaired) electrons. The zero-order chi connectivity index (χ0) is 24.1. The molecule has 0 aliphatic carbocycles. The van der Waals surface area contributed by atoms with Crippen LogP contribution in [0.5, 0.6) is 0 Å². The van der Waals surface area contributed by atoms with E-state index >= 15 is 0 Å². The maximum atomic E-state index is 13.4. The highest BCUT2D eigenvalue weighted by molar-refractivity contribution is 6.07. The van der Waals surface area contributed by atoms with Crippen LogP contribution >= 0.6 is 0 Å². The van der Waals surface area contributed by atoms with Crippen molar-refractivity contribution in [2.24, 2.45) is 0 Å². The fraction of sp³-hybridized carbons (Fsp3) is 0.208. The van der Waals surface area contributed by atoms with E-state index in [4.69, 9.17) is 5.73 Å². The second kappa shape index (κ2) is 9.99. The molecule has 0 spiro atoms. The molecule has 0 unspecified atom stereocenters. The summed E-state index contributed by atoms with van der Waals surface area (Å²) in [6.45, 7) is 2.84. The zero-order valence-electron chi connectivity index (χ0n) is 18.7. The van der Waals surface area contributed by atoms with Gasteiger partial charge in [0.1, 0.15) is 18.5 Å². The molecule has 0 atom stereocenters. The molecule has 0 saturated carbocycles. The Balaban J connectivity index is 1.67. The van der Waals surface area contributed by atoms with Crippen molar-refractivity contribution in [3.63, 3.8) is 0 Å². The third-order valence-electron chi connectivity index (χ3n) is 5.37. The van der Waals surface area contributed by atoms with Crippen LogP contribution in [0.4, 0.5) is 11.5 Å². The van der Waals surface area contributed by atoms with Crippen molar-refractivity contribution in [3.8, 4) is 0 Å². The standard InChI is InChI=1S/C24H25N7O3/c1-2-12-30(23(33)19-10-8-18(9-11-19)13-29-16-26-15-27-29)20-21(25)31(24(34)28-22(20)32)14-17-6-4-3-5-7-17/h3-11,15-16H,2,12-14,25H2,1H3,(H,28,32,34). The van der Waals surface area contributed by atoms with E-state index in [1.54, 1.807) is 23.1 Å². The van der Waals surface area contributed by atoms with E-state index in [2.05, 4.69) is 15.1 Å². The first-order valence-corrected chi connectivity index (χ1v) is 10.9. The van der Waals surface area contributed by atoms with Gasteiger partial charge < -0.3 is 10.6 Å². The minimum Gasteiger partial charge on any atom is -0.383 e. The summed E-state index contributed by atoms with van der Waals surface area (Å²) in [5.74, 6) is -0.432. The molecule has 3 N–H and O–H groups in total. The number of hydrogen-bond acceptors (Lipinski definition) is 6. The van der Waals surface area contributed by atoms with Gasteiger partial charge in [-0.3, -0.25) is 19.1 Å². The normalized spacial score (nSPS) is 10.9. The summed E-state index contributed by atoms with van der Waals surface area (Å²) in [7, 11) is 0. The van der Waals surface area contributed by atoms with Crippen molar-refractivity contribution in [2.75, 3.05) is 17.2 Å². The number of anilines is 2. The van der Waals surface area contributed by atoms with E-state index < -0.39 is 11.2 Å². The number of aromatic amines is 1. The van der Waals surface area contributed by atoms with Crippen molar-refractivity contribution in [3.05, 3.63) is 105 Å². The number of amides is 1. The molecule has 1 amide bonds. The molecule has 0 saturated heterocycles. The van der Waals surface area contributed by atoms with Crippen LogP contribution in [0.15, 0.2) is 76.8 Å². The average molecular weight is 460 g/mol. The van der Waals surface area contributed by atoms with Crippen LogP contribution < -0.4 is 21.9 Å². The Bertz CT molecular complexity index is 1380. The lowest BCUT2D eigenvalue weighted by atomic mass is 10.1. The van der Waals surface area contributed by atoms with Crippen molar-refractivity contribution >= 4 is 17.4 Å². The second-order valence-corrected chi connectivity index (χ2v) is 7.81. The topological polar surface area (TPSA) is 132 Å². The zero-order valence-corrected chi connectivity index (χ0v) is 18.7. The number of nitrogens with two attached hydrogens (primary N) is 1. The van der Waals surface area contributed by atoms with E-state index in [0.717, 1.165) is 11.1 Å². The highest BCUT2D eigenvalue weighted by atomic mass is 16.2. The van der Waals surface area contributed by atoms with Gasteiger partial charge >= 0.3 is 5.69 Å². The van der Waals surface area contributed by atoms with Crippen LogP contribution in [0.2, 0.25) is 0 Å². The second-order valence-electron chi connectivity index (χ2n) is 7.81. The fourth-order valence-electron chi connectivity index (χ4n) is 3.71. The average Bonchev–Trinajstić information content (AvgIpc) is 3.35. The Kier molecular flexibility index (Phi) is 6.67. The van der Waals surface area contributed by atoms with Crippen molar-refractivity contribution in [1.82, 2.24) is 24.3 Å². The summed E-state index contributed by atoms with van der Waals surface area (Å²) >= 11 is 0. The number of H-pyrrole nitrogens is 1. The number of benzene rings is 2. The van der Waals surface area contributed by atoms with Gasteiger partial charge in [0.05, 0.1) is 13.1 Å². The fourth-order valence-corrected chi connectivity index (χ4v) is 3.71. The summed E-state index contributed by atoms with van der Waals surface area (Å²) in [5, 5.41) is 4.08. The van der Waals surface area contributed by atoms with Crippen LogP contribution in [-0.4, -0.2) is 36.8 Å². The van der Waals surface area contributed by atoms with Crippen LogP contribution in [0.1, 0.15) is 34.8 Å². The summed E-state index contributed by atoms with van der Waals surface area (Å²) in [6.07, 6.45) is 3.66. The predicted octanol–water partition coefficient (Wildman–Crippen LogP) is 1.86. The number of aromatic nitrogens is 5. The third kappa shape index (κ3) is 4.80. The van der Waals surface area contributed by atoms with Gasteiger partial charge in [-0.1, -0.05) is 49.4 Å². The maximum Gasteiger partial charge on any atom is 0.330 e. The Morgan fingerprint density at radius 3 is 2.38 bits per heavy atom. The highest BCUT2D eigenvalue weighted by Gasteiger charge is 2.24. The number of nitrogens with zero attached hydrogens (tertiary/aromatic N) is 5. The molecule has 174 valence electrons. The number of nitrogens with one attached hydrogen (secondary N) is 1. The smallest absolute Gasteiger partial charge is 0.330 e. The van der Waals surface area contributed by atoms with Gasteiger partial charge in [0.25, 0.3) is 11.5 Å². The molecule has 0 aliphatic heterocycles.